The number of halogens is 3. The van der Waals surface area contributed by atoms with Crippen molar-refractivity contribution >= 4 is 0 Å². The molecule has 0 bridgehead atoms. The molecule has 4 heteroatoms. The molecule has 1 nitrogen and oxygen atoms in total. The zero-order chi connectivity index (χ0) is 15.0. The lowest BCUT2D eigenvalue weighted by Gasteiger charge is -2.36. The van der Waals surface area contributed by atoms with Crippen LogP contribution in [0, 0.1) is 0 Å². The summed E-state index contributed by atoms with van der Waals surface area (Å²) >= 11 is 0. The van der Waals surface area contributed by atoms with Gasteiger partial charge < -0.3 is 0 Å². The van der Waals surface area contributed by atoms with Crippen molar-refractivity contribution in [2.75, 3.05) is 13.6 Å². The number of alkyl halides is 3. The highest BCUT2D eigenvalue weighted by atomic mass is 19.4. The Kier molecular flexibility index (Phi) is 3.49. The van der Waals surface area contributed by atoms with Gasteiger partial charge in [0, 0.05) is 6.54 Å². The molecular formula is C17H16F3N. The molecule has 2 aromatic rings. The normalized spacial score (nSPS) is 19.3. The summed E-state index contributed by atoms with van der Waals surface area (Å²) in [6, 6.07) is 13.3. The summed E-state index contributed by atoms with van der Waals surface area (Å²) in [5.74, 6) is 0. The van der Waals surface area contributed by atoms with Crippen LogP contribution in [0.2, 0.25) is 0 Å². The van der Waals surface area contributed by atoms with Gasteiger partial charge in [0.1, 0.15) is 0 Å². The molecule has 2 aromatic carbocycles. The Balaban J connectivity index is 2.17. The predicted molar refractivity (Wildman–Crippen MR) is 76.1 cm³/mol. The lowest BCUT2D eigenvalue weighted by atomic mass is 9.86. The second-order valence-corrected chi connectivity index (χ2v) is 5.42. The average Bonchev–Trinajstić information content (AvgIpc) is 2.46. The van der Waals surface area contributed by atoms with E-state index in [1.54, 1.807) is 12.1 Å². The highest BCUT2D eigenvalue weighted by Crippen LogP contribution is 2.40. The van der Waals surface area contributed by atoms with Gasteiger partial charge in [-0.15, -0.1) is 0 Å². The number of likely N-dealkylation sites (N-methyl/N-ethyl adjacent to an activating group) is 1. The summed E-state index contributed by atoms with van der Waals surface area (Å²) in [5, 5.41) is 0. The van der Waals surface area contributed by atoms with E-state index >= 15 is 0 Å². The van der Waals surface area contributed by atoms with E-state index in [9.17, 15) is 13.2 Å². The quantitative estimate of drug-likeness (QED) is 0.758. The summed E-state index contributed by atoms with van der Waals surface area (Å²) in [6.07, 6.45) is -3.46. The van der Waals surface area contributed by atoms with E-state index < -0.39 is 11.7 Å². The summed E-state index contributed by atoms with van der Waals surface area (Å²) in [7, 11) is 1.88. The number of fused-ring (bicyclic) bond motifs is 1. The first kappa shape index (κ1) is 14.1. The maximum Gasteiger partial charge on any atom is 0.416 e. The molecule has 1 heterocycles. The molecule has 110 valence electrons. The van der Waals surface area contributed by atoms with Crippen molar-refractivity contribution in [3.8, 4) is 0 Å². The van der Waals surface area contributed by atoms with Crippen molar-refractivity contribution in [2.24, 2.45) is 0 Å². The van der Waals surface area contributed by atoms with Crippen LogP contribution in [-0.4, -0.2) is 18.5 Å². The van der Waals surface area contributed by atoms with Gasteiger partial charge in [0.2, 0.25) is 0 Å². The first-order valence-electron chi connectivity index (χ1n) is 6.92. The van der Waals surface area contributed by atoms with Crippen LogP contribution in [0.4, 0.5) is 13.2 Å². The third kappa shape index (κ3) is 2.56. The SMILES string of the molecule is CN1CCc2ccccc2C1c1ccccc1C(F)(F)F. The molecule has 1 atom stereocenters. The standard InChI is InChI=1S/C17H16F3N/c1-21-11-10-12-6-2-3-7-13(12)16(21)14-8-4-5-9-15(14)17(18,19)20/h2-9,16H,10-11H2,1H3. The molecule has 0 aliphatic carbocycles. The van der Waals surface area contributed by atoms with Crippen LogP contribution < -0.4 is 0 Å². The van der Waals surface area contributed by atoms with Crippen molar-refractivity contribution in [1.82, 2.24) is 4.90 Å². The maximum absolute atomic E-state index is 13.3. The molecule has 0 amide bonds. The third-order valence-electron chi connectivity index (χ3n) is 4.09. The number of rotatable bonds is 1. The van der Waals surface area contributed by atoms with Gasteiger partial charge >= 0.3 is 6.18 Å². The molecule has 0 saturated heterocycles. The van der Waals surface area contributed by atoms with E-state index in [2.05, 4.69) is 0 Å². The maximum atomic E-state index is 13.3. The van der Waals surface area contributed by atoms with Crippen molar-refractivity contribution in [3.05, 3.63) is 70.8 Å². The van der Waals surface area contributed by atoms with Gasteiger partial charge in [-0.3, -0.25) is 4.90 Å². The molecule has 0 saturated carbocycles. The van der Waals surface area contributed by atoms with E-state index in [0.717, 1.165) is 24.1 Å². The van der Waals surface area contributed by atoms with Gasteiger partial charge in [0.25, 0.3) is 0 Å². The summed E-state index contributed by atoms with van der Waals surface area (Å²) in [6.45, 7) is 0.758. The van der Waals surface area contributed by atoms with Crippen LogP contribution in [0.15, 0.2) is 48.5 Å². The van der Waals surface area contributed by atoms with E-state index in [1.165, 1.54) is 12.1 Å². The number of hydrogen-bond acceptors (Lipinski definition) is 1. The topological polar surface area (TPSA) is 3.24 Å². The Morgan fingerprint density at radius 3 is 2.29 bits per heavy atom. The predicted octanol–water partition coefficient (Wildman–Crippen LogP) is 4.28. The van der Waals surface area contributed by atoms with E-state index in [4.69, 9.17) is 0 Å². The third-order valence-corrected chi connectivity index (χ3v) is 4.09. The second kappa shape index (κ2) is 5.19. The molecule has 1 unspecified atom stereocenters. The van der Waals surface area contributed by atoms with Gasteiger partial charge in [0.15, 0.2) is 0 Å². The fourth-order valence-corrected chi connectivity index (χ4v) is 3.09. The zero-order valence-corrected chi connectivity index (χ0v) is 11.7. The first-order chi connectivity index (χ1) is 9.98. The minimum absolute atomic E-state index is 0.333. The molecule has 0 spiro atoms. The largest absolute Gasteiger partial charge is 0.416 e. The van der Waals surface area contributed by atoms with Crippen LogP contribution in [0.5, 0.6) is 0 Å². The minimum Gasteiger partial charge on any atom is -0.295 e. The van der Waals surface area contributed by atoms with E-state index in [1.807, 2.05) is 36.2 Å². The number of benzene rings is 2. The monoisotopic (exact) mass is 291 g/mol. The molecular weight excluding hydrogens is 275 g/mol. The Bertz CT molecular complexity index is 648. The first-order valence-corrected chi connectivity index (χ1v) is 6.92. The van der Waals surface area contributed by atoms with Crippen LogP contribution in [0.3, 0.4) is 0 Å². The average molecular weight is 291 g/mol. The Labute approximate surface area is 122 Å². The molecule has 0 aromatic heterocycles. The van der Waals surface area contributed by atoms with Crippen molar-refractivity contribution < 1.29 is 13.2 Å². The number of hydrogen-bond donors (Lipinski definition) is 0. The Morgan fingerprint density at radius 1 is 0.952 bits per heavy atom. The van der Waals surface area contributed by atoms with Gasteiger partial charge in [-0.25, -0.2) is 0 Å². The summed E-state index contributed by atoms with van der Waals surface area (Å²) in [5.41, 5.74) is 1.90. The highest BCUT2D eigenvalue weighted by molar-refractivity contribution is 5.43. The van der Waals surface area contributed by atoms with Crippen molar-refractivity contribution in [1.29, 1.82) is 0 Å². The van der Waals surface area contributed by atoms with Gasteiger partial charge in [-0.05, 0) is 36.2 Å². The van der Waals surface area contributed by atoms with Crippen LogP contribution in [0.1, 0.15) is 28.3 Å². The smallest absolute Gasteiger partial charge is 0.295 e. The highest BCUT2D eigenvalue weighted by Gasteiger charge is 2.37. The number of nitrogens with zero attached hydrogens (tertiary/aromatic N) is 1. The van der Waals surface area contributed by atoms with Crippen LogP contribution >= 0.6 is 0 Å². The van der Waals surface area contributed by atoms with Gasteiger partial charge in [-0.2, -0.15) is 13.2 Å². The molecule has 0 N–H and O–H groups in total. The molecule has 3 rings (SSSR count). The van der Waals surface area contributed by atoms with E-state index in [-0.39, 0.29) is 6.04 Å². The zero-order valence-electron chi connectivity index (χ0n) is 11.7. The molecule has 0 radical (unpaired) electrons. The summed E-state index contributed by atoms with van der Waals surface area (Å²) in [4.78, 5) is 1.99. The summed E-state index contributed by atoms with van der Waals surface area (Å²) < 4.78 is 39.9. The molecule has 0 fully saturated rings. The molecule has 21 heavy (non-hydrogen) atoms. The molecule has 1 aliphatic rings. The van der Waals surface area contributed by atoms with Gasteiger partial charge in [0.05, 0.1) is 11.6 Å². The Hall–Kier alpha value is -1.81. The van der Waals surface area contributed by atoms with Crippen LogP contribution in [0.25, 0.3) is 0 Å². The lowest BCUT2D eigenvalue weighted by molar-refractivity contribution is -0.138. The lowest BCUT2D eigenvalue weighted by Crippen LogP contribution is -2.34. The minimum atomic E-state index is -4.33. The second-order valence-electron chi connectivity index (χ2n) is 5.42. The van der Waals surface area contributed by atoms with Crippen molar-refractivity contribution in [2.45, 2.75) is 18.6 Å². The van der Waals surface area contributed by atoms with Crippen LogP contribution in [-0.2, 0) is 12.6 Å². The molecule has 1 aliphatic heterocycles. The fourth-order valence-electron chi connectivity index (χ4n) is 3.09. The van der Waals surface area contributed by atoms with E-state index in [0.29, 0.717) is 5.56 Å². The van der Waals surface area contributed by atoms with Crippen molar-refractivity contribution in [3.63, 3.8) is 0 Å². The Morgan fingerprint density at radius 2 is 1.57 bits per heavy atom. The fraction of sp³-hybridized carbons (Fsp3) is 0.294. The van der Waals surface area contributed by atoms with Gasteiger partial charge in [-0.1, -0.05) is 42.5 Å².